The summed E-state index contributed by atoms with van der Waals surface area (Å²) in [5.41, 5.74) is 2.57. The van der Waals surface area contributed by atoms with Gasteiger partial charge in [0.25, 0.3) is 0 Å². The zero-order chi connectivity index (χ0) is 19.6. The highest BCUT2D eigenvalue weighted by atomic mass is 16.5. The van der Waals surface area contributed by atoms with E-state index in [0.717, 1.165) is 24.1 Å². The number of nitrogens with zero attached hydrogens (tertiary/aromatic N) is 1. The van der Waals surface area contributed by atoms with Crippen LogP contribution in [0.2, 0.25) is 0 Å². The van der Waals surface area contributed by atoms with E-state index >= 15 is 0 Å². The Labute approximate surface area is 158 Å². The molecular formula is C21H25NO5. The molecule has 1 aromatic rings. The Morgan fingerprint density at radius 1 is 1.22 bits per heavy atom. The molecule has 0 bridgehead atoms. The van der Waals surface area contributed by atoms with Crippen LogP contribution >= 0.6 is 0 Å². The third-order valence-corrected chi connectivity index (χ3v) is 5.05. The number of phenols is 1. The average Bonchev–Trinajstić information content (AvgIpc) is 2.63. The van der Waals surface area contributed by atoms with Gasteiger partial charge in [-0.25, -0.2) is 4.79 Å². The van der Waals surface area contributed by atoms with Crippen molar-refractivity contribution in [2.24, 2.45) is 10.9 Å². The first-order valence-electron chi connectivity index (χ1n) is 9.41. The van der Waals surface area contributed by atoms with Crippen molar-refractivity contribution in [3.05, 3.63) is 35.0 Å². The minimum atomic E-state index is -0.482. The van der Waals surface area contributed by atoms with Crippen LogP contribution in [-0.2, 0) is 14.3 Å². The van der Waals surface area contributed by atoms with Crippen LogP contribution < -0.4 is 4.74 Å². The van der Waals surface area contributed by atoms with E-state index < -0.39 is 17.8 Å². The summed E-state index contributed by atoms with van der Waals surface area (Å²) in [5, 5.41) is 10.0. The summed E-state index contributed by atoms with van der Waals surface area (Å²) in [6.07, 6.45) is 2.01. The van der Waals surface area contributed by atoms with Gasteiger partial charge in [0, 0.05) is 23.7 Å². The highest BCUT2D eigenvalue weighted by Crippen LogP contribution is 2.44. The first-order valence-corrected chi connectivity index (χ1v) is 9.41. The van der Waals surface area contributed by atoms with E-state index in [9.17, 15) is 14.7 Å². The standard InChI is InChI=1S/C21H25NO5/c1-4-26-17-11-13(9-10-15(17)23)19-18(21(25)27-5-2)12(3)22-14-7-6-8-16(24)20(14)19/h9-11,19-20,23H,4-8H2,1-3H3/t19-,20?/m1/s1. The van der Waals surface area contributed by atoms with Crippen LogP contribution in [0.3, 0.4) is 0 Å². The molecule has 1 aliphatic carbocycles. The summed E-state index contributed by atoms with van der Waals surface area (Å²) in [6, 6.07) is 4.98. The van der Waals surface area contributed by atoms with Gasteiger partial charge in [0.15, 0.2) is 11.5 Å². The number of fused-ring (bicyclic) bond motifs is 1. The summed E-state index contributed by atoms with van der Waals surface area (Å²) < 4.78 is 10.8. The minimum absolute atomic E-state index is 0.0265. The molecule has 6 heteroatoms. The van der Waals surface area contributed by atoms with E-state index in [1.807, 2.05) is 6.92 Å². The molecule has 0 saturated heterocycles. The molecule has 0 spiro atoms. The zero-order valence-corrected chi connectivity index (χ0v) is 15.9. The molecule has 1 fully saturated rings. The number of ether oxygens (including phenoxy) is 2. The van der Waals surface area contributed by atoms with Crippen LogP contribution in [0.25, 0.3) is 0 Å². The van der Waals surface area contributed by atoms with Gasteiger partial charge in [-0.15, -0.1) is 0 Å². The predicted octanol–water partition coefficient (Wildman–Crippen LogP) is 3.54. The Bertz CT molecular complexity index is 824. The molecule has 1 heterocycles. The van der Waals surface area contributed by atoms with E-state index in [4.69, 9.17) is 9.47 Å². The summed E-state index contributed by atoms with van der Waals surface area (Å²) in [4.78, 5) is 30.1. The molecule has 2 atom stereocenters. The van der Waals surface area contributed by atoms with Gasteiger partial charge in [0.05, 0.1) is 24.7 Å². The molecule has 1 aliphatic heterocycles. The number of ketones is 1. The lowest BCUT2D eigenvalue weighted by atomic mass is 9.69. The number of aliphatic imine (C=N–C) groups is 1. The number of allylic oxidation sites excluding steroid dienone is 1. The Morgan fingerprint density at radius 2 is 2.00 bits per heavy atom. The Morgan fingerprint density at radius 3 is 2.70 bits per heavy atom. The molecule has 3 rings (SSSR count). The fourth-order valence-corrected chi connectivity index (χ4v) is 3.95. The number of Topliss-reactive ketones (excluding diaryl/α,β-unsaturated/α-hetero) is 1. The van der Waals surface area contributed by atoms with Crippen molar-refractivity contribution in [3.8, 4) is 11.5 Å². The summed E-state index contributed by atoms with van der Waals surface area (Å²) in [6.45, 7) is 6.01. The van der Waals surface area contributed by atoms with Crippen LogP contribution in [0.4, 0.5) is 0 Å². The first kappa shape index (κ1) is 19.1. The summed E-state index contributed by atoms with van der Waals surface area (Å²) in [5.74, 6) is -0.954. The normalized spacial score (nSPS) is 22.2. The lowest BCUT2D eigenvalue weighted by Crippen LogP contribution is -2.39. The van der Waals surface area contributed by atoms with Gasteiger partial charge in [0.1, 0.15) is 5.78 Å². The van der Waals surface area contributed by atoms with Gasteiger partial charge < -0.3 is 14.6 Å². The molecule has 144 valence electrons. The van der Waals surface area contributed by atoms with E-state index in [1.54, 1.807) is 26.0 Å². The predicted molar refractivity (Wildman–Crippen MR) is 101 cm³/mol. The number of phenolic OH excluding ortho intramolecular Hbond substituents is 1. The minimum Gasteiger partial charge on any atom is -0.504 e. The van der Waals surface area contributed by atoms with Crippen molar-refractivity contribution in [3.63, 3.8) is 0 Å². The maximum Gasteiger partial charge on any atom is 0.336 e. The van der Waals surface area contributed by atoms with Gasteiger partial charge in [-0.2, -0.15) is 0 Å². The molecule has 1 N–H and O–H groups in total. The number of benzene rings is 1. The summed E-state index contributed by atoms with van der Waals surface area (Å²) >= 11 is 0. The van der Waals surface area contributed by atoms with Crippen LogP contribution in [-0.4, -0.2) is 35.8 Å². The molecular weight excluding hydrogens is 346 g/mol. The highest BCUT2D eigenvalue weighted by Gasteiger charge is 2.43. The second-order valence-corrected chi connectivity index (χ2v) is 6.76. The number of hydrogen-bond acceptors (Lipinski definition) is 6. The third kappa shape index (κ3) is 3.61. The largest absolute Gasteiger partial charge is 0.504 e. The van der Waals surface area contributed by atoms with E-state index in [1.165, 1.54) is 6.07 Å². The fourth-order valence-electron chi connectivity index (χ4n) is 3.95. The monoisotopic (exact) mass is 371 g/mol. The molecule has 27 heavy (non-hydrogen) atoms. The molecule has 0 amide bonds. The maximum absolute atomic E-state index is 12.8. The van der Waals surface area contributed by atoms with E-state index in [0.29, 0.717) is 30.0 Å². The number of aromatic hydroxyl groups is 1. The van der Waals surface area contributed by atoms with Gasteiger partial charge in [-0.05, 0) is 51.3 Å². The van der Waals surface area contributed by atoms with Crippen molar-refractivity contribution in [1.82, 2.24) is 0 Å². The van der Waals surface area contributed by atoms with Crippen LogP contribution in [0, 0.1) is 5.92 Å². The van der Waals surface area contributed by atoms with E-state index in [2.05, 4.69) is 4.99 Å². The van der Waals surface area contributed by atoms with Crippen molar-refractivity contribution in [1.29, 1.82) is 0 Å². The molecule has 2 aliphatic rings. The number of rotatable bonds is 5. The highest BCUT2D eigenvalue weighted by molar-refractivity contribution is 6.11. The van der Waals surface area contributed by atoms with Gasteiger partial charge in [-0.1, -0.05) is 6.07 Å². The average molecular weight is 371 g/mol. The van der Waals surface area contributed by atoms with Crippen molar-refractivity contribution in [2.45, 2.75) is 46.0 Å². The second kappa shape index (κ2) is 7.94. The summed E-state index contributed by atoms with van der Waals surface area (Å²) in [7, 11) is 0. The number of hydrogen-bond donors (Lipinski definition) is 1. The molecule has 0 radical (unpaired) electrons. The smallest absolute Gasteiger partial charge is 0.336 e. The van der Waals surface area contributed by atoms with E-state index in [-0.39, 0.29) is 18.1 Å². The lowest BCUT2D eigenvalue weighted by molar-refractivity contribution is -0.139. The van der Waals surface area contributed by atoms with Crippen molar-refractivity contribution >= 4 is 17.5 Å². The number of carbonyl (C=O) groups excluding carboxylic acids is 2. The SMILES string of the molecule is CCOC(=O)C1=C(C)N=C2CCCC(=O)C2[C@@H]1c1ccc(O)c(OCC)c1. The van der Waals surface area contributed by atoms with Crippen LogP contribution in [0.15, 0.2) is 34.5 Å². The molecule has 1 saturated carbocycles. The van der Waals surface area contributed by atoms with Crippen molar-refractivity contribution < 1.29 is 24.2 Å². The number of esters is 1. The number of carbonyl (C=O) groups is 2. The fraction of sp³-hybridized carbons (Fsp3) is 0.476. The molecule has 0 aromatic heterocycles. The van der Waals surface area contributed by atoms with Crippen LogP contribution in [0.5, 0.6) is 11.5 Å². The second-order valence-electron chi connectivity index (χ2n) is 6.76. The molecule has 6 nitrogen and oxygen atoms in total. The Hall–Kier alpha value is -2.63. The zero-order valence-electron chi connectivity index (χ0n) is 15.9. The molecule has 1 aromatic carbocycles. The third-order valence-electron chi connectivity index (χ3n) is 5.05. The first-order chi connectivity index (χ1) is 13.0. The quantitative estimate of drug-likeness (QED) is 0.800. The molecule has 1 unspecified atom stereocenters. The van der Waals surface area contributed by atoms with Gasteiger partial charge in [-0.3, -0.25) is 9.79 Å². The van der Waals surface area contributed by atoms with Crippen molar-refractivity contribution in [2.75, 3.05) is 13.2 Å². The Kier molecular flexibility index (Phi) is 5.63. The van der Waals surface area contributed by atoms with Crippen LogP contribution in [0.1, 0.15) is 51.5 Å². The lowest BCUT2D eigenvalue weighted by Gasteiger charge is -2.35. The topological polar surface area (TPSA) is 85.2 Å². The maximum atomic E-state index is 12.8. The van der Waals surface area contributed by atoms with Gasteiger partial charge >= 0.3 is 5.97 Å². The van der Waals surface area contributed by atoms with Gasteiger partial charge in [0.2, 0.25) is 0 Å². The Balaban J connectivity index is 2.15.